The molecule has 0 spiro atoms. The number of hydrogen-bond acceptors (Lipinski definition) is 5. The molecule has 3 rings (SSSR count). The Morgan fingerprint density at radius 3 is 2.74 bits per heavy atom. The highest BCUT2D eigenvalue weighted by Gasteiger charge is 2.23. The van der Waals surface area contributed by atoms with E-state index >= 15 is 0 Å². The predicted octanol–water partition coefficient (Wildman–Crippen LogP) is 2.42. The van der Waals surface area contributed by atoms with Crippen LogP contribution in [0.4, 0.5) is 11.4 Å². The van der Waals surface area contributed by atoms with E-state index in [0.717, 1.165) is 16.7 Å². The van der Waals surface area contributed by atoms with Crippen molar-refractivity contribution in [2.45, 2.75) is 23.6 Å². The van der Waals surface area contributed by atoms with Gasteiger partial charge >= 0.3 is 0 Å². The van der Waals surface area contributed by atoms with Crippen LogP contribution in [0.1, 0.15) is 22.8 Å². The third kappa shape index (κ3) is 5.01. The molecule has 2 amide bonds. The molecule has 0 fully saturated rings. The van der Waals surface area contributed by atoms with Gasteiger partial charge < -0.3 is 10.6 Å². The summed E-state index contributed by atoms with van der Waals surface area (Å²) in [5, 5.41) is 5.44. The minimum absolute atomic E-state index is 0.0831. The minimum Gasteiger partial charge on any atom is -0.348 e. The maximum Gasteiger partial charge on any atom is 0.251 e. The first-order valence-electron chi connectivity index (χ1n) is 8.18. The highest BCUT2D eigenvalue weighted by atomic mass is 32.2. The molecule has 27 heavy (non-hydrogen) atoms. The zero-order valence-electron chi connectivity index (χ0n) is 14.8. The van der Waals surface area contributed by atoms with Crippen molar-refractivity contribution < 1.29 is 18.0 Å². The van der Waals surface area contributed by atoms with Gasteiger partial charge in [-0.25, -0.2) is 8.42 Å². The number of nitrogens with one attached hydrogen (secondary N) is 3. The summed E-state index contributed by atoms with van der Waals surface area (Å²) in [4.78, 5) is 25.1. The Balaban J connectivity index is 1.67. The molecule has 1 aliphatic rings. The molecule has 1 atom stereocenters. The quantitative estimate of drug-likeness (QED) is 0.709. The maximum absolute atomic E-state index is 12.4. The average molecular weight is 406 g/mol. The van der Waals surface area contributed by atoms with Gasteiger partial charge in [-0.05, 0) is 42.8 Å². The Labute approximate surface area is 162 Å². The van der Waals surface area contributed by atoms with Gasteiger partial charge in [-0.3, -0.25) is 14.3 Å². The topological polar surface area (TPSA) is 104 Å². The largest absolute Gasteiger partial charge is 0.348 e. The van der Waals surface area contributed by atoms with Crippen LogP contribution in [0.15, 0.2) is 47.4 Å². The van der Waals surface area contributed by atoms with Crippen LogP contribution in [0.5, 0.6) is 0 Å². The third-order valence-electron chi connectivity index (χ3n) is 3.86. The zero-order valence-corrected chi connectivity index (χ0v) is 16.4. The van der Waals surface area contributed by atoms with Gasteiger partial charge in [-0.15, -0.1) is 11.8 Å². The van der Waals surface area contributed by atoms with E-state index in [0.29, 0.717) is 16.9 Å². The van der Waals surface area contributed by atoms with Crippen molar-refractivity contribution >= 4 is 45.0 Å². The van der Waals surface area contributed by atoms with Crippen LogP contribution in [0.2, 0.25) is 0 Å². The molecule has 0 radical (unpaired) electrons. The number of carbonyl (C=O) groups is 2. The summed E-state index contributed by atoms with van der Waals surface area (Å²) >= 11 is 1.46. The standard InChI is InChI=1S/C18H19N3O4S2/c1-11-17(22)20-15-9-13(6-7-16(15)26-11)18(23)19-10-12-4-3-5-14(8-12)21-27(2,24)25/h3-9,11,21H,10H2,1-2H3,(H,19,23)(H,20,22)/t11-/m1/s1. The number of carbonyl (C=O) groups excluding carboxylic acids is 2. The second-order valence-electron chi connectivity index (χ2n) is 6.22. The second-order valence-corrected chi connectivity index (χ2v) is 9.35. The number of anilines is 2. The smallest absolute Gasteiger partial charge is 0.251 e. The first kappa shape index (κ1) is 19.2. The molecule has 7 nitrogen and oxygen atoms in total. The molecule has 0 aromatic heterocycles. The first-order valence-corrected chi connectivity index (χ1v) is 10.9. The van der Waals surface area contributed by atoms with E-state index in [2.05, 4.69) is 15.4 Å². The van der Waals surface area contributed by atoms with Crippen LogP contribution >= 0.6 is 11.8 Å². The highest BCUT2D eigenvalue weighted by Crippen LogP contribution is 2.35. The van der Waals surface area contributed by atoms with Gasteiger partial charge in [-0.1, -0.05) is 12.1 Å². The van der Waals surface area contributed by atoms with Crippen LogP contribution in [-0.4, -0.2) is 31.7 Å². The van der Waals surface area contributed by atoms with Crippen molar-refractivity contribution in [3.05, 3.63) is 53.6 Å². The predicted molar refractivity (Wildman–Crippen MR) is 106 cm³/mol. The van der Waals surface area contributed by atoms with Gasteiger partial charge in [0, 0.05) is 22.7 Å². The summed E-state index contributed by atoms with van der Waals surface area (Å²) in [5.74, 6) is -0.364. The van der Waals surface area contributed by atoms with E-state index in [-0.39, 0.29) is 23.6 Å². The molecule has 1 heterocycles. The van der Waals surface area contributed by atoms with E-state index < -0.39 is 10.0 Å². The lowest BCUT2D eigenvalue weighted by molar-refractivity contribution is -0.115. The number of amides is 2. The fraction of sp³-hybridized carbons (Fsp3) is 0.222. The van der Waals surface area contributed by atoms with Crippen LogP contribution in [0, 0.1) is 0 Å². The van der Waals surface area contributed by atoms with Gasteiger partial charge in [0.25, 0.3) is 5.91 Å². The number of rotatable bonds is 5. The Morgan fingerprint density at radius 2 is 2.00 bits per heavy atom. The Hall–Kier alpha value is -2.52. The Morgan fingerprint density at radius 1 is 1.22 bits per heavy atom. The molecule has 0 aliphatic carbocycles. The number of sulfonamides is 1. The SMILES string of the molecule is C[C@H]1Sc2ccc(C(=O)NCc3cccc(NS(C)(=O)=O)c3)cc2NC1=O. The Bertz CT molecular complexity index is 1010. The molecule has 0 saturated carbocycles. The monoisotopic (exact) mass is 405 g/mol. The van der Waals surface area contributed by atoms with Gasteiger partial charge in [0.05, 0.1) is 17.2 Å². The number of benzene rings is 2. The Kier molecular flexibility index (Phi) is 5.43. The van der Waals surface area contributed by atoms with E-state index in [1.54, 1.807) is 36.4 Å². The summed E-state index contributed by atoms with van der Waals surface area (Å²) in [7, 11) is -3.36. The van der Waals surface area contributed by atoms with Crippen molar-refractivity contribution in [1.29, 1.82) is 0 Å². The van der Waals surface area contributed by atoms with Crippen molar-refractivity contribution in [3.8, 4) is 0 Å². The van der Waals surface area contributed by atoms with E-state index in [9.17, 15) is 18.0 Å². The summed E-state index contributed by atoms with van der Waals surface area (Å²) in [6, 6.07) is 12.0. The van der Waals surface area contributed by atoms with Crippen molar-refractivity contribution in [2.75, 3.05) is 16.3 Å². The van der Waals surface area contributed by atoms with Crippen molar-refractivity contribution in [1.82, 2.24) is 5.32 Å². The fourth-order valence-electron chi connectivity index (χ4n) is 2.59. The molecule has 3 N–H and O–H groups in total. The molecule has 142 valence electrons. The maximum atomic E-state index is 12.4. The minimum atomic E-state index is -3.36. The van der Waals surface area contributed by atoms with Crippen LogP contribution in [-0.2, 0) is 21.4 Å². The van der Waals surface area contributed by atoms with Crippen molar-refractivity contribution in [2.24, 2.45) is 0 Å². The lowest BCUT2D eigenvalue weighted by atomic mass is 10.1. The third-order valence-corrected chi connectivity index (χ3v) is 5.64. The average Bonchev–Trinajstić information content (AvgIpc) is 2.59. The molecule has 0 unspecified atom stereocenters. The molecule has 2 aromatic carbocycles. The lowest BCUT2D eigenvalue weighted by Crippen LogP contribution is -2.27. The van der Waals surface area contributed by atoms with E-state index in [1.807, 2.05) is 13.0 Å². The molecule has 0 bridgehead atoms. The fourth-order valence-corrected chi connectivity index (χ4v) is 4.08. The van der Waals surface area contributed by atoms with E-state index in [4.69, 9.17) is 0 Å². The zero-order chi connectivity index (χ0) is 19.6. The highest BCUT2D eigenvalue weighted by molar-refractivity contribution is 8.01. The summed E-state index contributed by atoms with van der Waals surface area (Å²) < 4.78 is 25.0. The molecule has 2 aromatic rings. The summed E-state index contributed by atoms with van der Waals surface area (Å²) in [6.07, 6.45) is 1.08. The molecule has 1 aliphatic heterocycles. The van der Waals surface area contributed by atoms with E-state index in [1.165, 1.54) is 11.8 Å². The van der Waals surface area contributed by atoms with Gasteiger partial charge in [0.2, 0.25) is 15.9 Å². The second kappa shape index (κ2) is 7.61. The van der Waals surface area contributed by atoms with Gasteiger partial charge in [0.1, 0.15) is 0 Å². The normalized spacial score (nSPS) is 16.2. The number of hydrogen-bond donors (Lipinski definition) is 3. The van der Waals surface area contributed by atoms with Gasteiger partial charge in [-0.2, -0.15) is 0 Å². The molecular formula is C18H19N3O4S2. The molecule has 9 heteroatoms. The van der Waals surface area contributed by atoms with Crippen molar-refractivity contribution in [3.63, 3.8) is 0 Å². The van der Waals surface area contributed by atoms with Gasteiger partial charge in [0.15, 0.2) is 0 Å². The lowest BCUT2D eigenvalue weighted by Gasteiger charge is -2.21. The first-order chi connectivity index (χ1) is 12.7. The van der Waals surface area contributed by atoms with Crippen LogP contribution < -0.4 is 15.4 Å². The molecule has 0 saturated heterocycles. The summed E-state index contributed by atoms with van der Waals surface area (Å²) in [5.41, 5.74) is 2.27. The number of fused-ring (bicyclic) bond motifs is 1. The van der Waals surface area contributed by atoms with Crippen LogP contribution in [0.25, 0.3) is 0 Å². The molecular weight excluding hydrogens is 386 g/mol. The number of thioether (sulfide) groups is 1. The van der Waals surface area contributed by atoms with Crippen LogP contribution in [0.3, 0.4) is 0 Å². The summed E-state index contributed by atoms with van der Waals surface area (Å²) in [6.45, 7) is 2.07.